The molecule has 146 valence electrons. The molecule has 2 aromatic carbocycles. The number of rotatable bonds is 9. The topological polar surface area (TPSA) is 50.8 Å². The van der Waals surface area contributed by atoms with Crippen LogP contribution in [0.25, 0.3) is 0 Å². The third kappa shape index (κ3) is 7.52. The number of nitrogens with zero attached hydrogens (tertiary/aromatic N) is 1. The van der Waals surface area contributed by atoms with Gasteiger partial charge in [-0.1, -0.05) is 24.3 Å². The van der Waals surface area contributed by atoms with Gasteiger partial charge in [0.05, 0.1) is 6.61 Å². The van der Waals surface area contributed by atoms with Gasteiger partial charge in [-0.05, 0) is 48.7 Å². The first kappa shape index (κ1) is 20.5. The van der Waals surface area contributed by atoms with Crippen molar-refractivity contribution in [3.63, 3.8) is 0 Å². The summed E-state index contributed by atoms with van der Waals surface area (Å²) in [6.07, 6.45) is 0.688. The van der Waals surface area contributed by atoms with Gasteiger partial charge in [0.2, 0.25) is 0 Å². The van der Waals surface area contributed by atoms with E-state index in [1.807, 2.05) is 31.2 Å². The highest BCUT2D eigenvalue weighted by atomic mass is 19.3. The lowest BCUT2D eigenvalue weighted by molar-refractivity contribution is -0.0498. The minimum atomic E-state index is -2.85. The van der Waals surface area contributed by atoms with Crippen LogP contribution in [0.1, 0.15) is 17.5 Å². The summed E-state index contributed by atoms with van der Waals surface area (Å²) in [5, 5.41) is 2.82. The molecule has 2 amide bonds. The third-order valence-electron chi connectivity index (χ3n) is 3.77. The Hall–Kier alpha value is -2.83. The predicted molar refractivity (Wildman–Crippen MR) is 99.2 cm³/mol. The number of halogens is 2. The molecule has 0 aromatic heterocycles. The van der Waals surface area contributed by atoms with Crippen molar-refractivity contribution in [2.75, 3.05) is 20.2 Å². The molecule has 7 heteroatoms. The van der Waals surface area contributed by atoms with E-state index in [0.29, 0.717) is 26.1 Å². The van der Waals surface area contributed by atoms with Crippen LogP contribution >= 0.6 is 0 Å². The summed E-state index contributed by atoms with van der Waals surface area (Å²) in [6.45, 7) is 0.525. The highest BCUT2D eigenvalue weighted by Crippen LogP contribution is 2.16. The number of ether oxygens (including phenoxy) is 2. The van der Waals surface area contributed by atoms with Crippen molar-refractivity contribution < 1.29 is 23.0 Å². The van der Waals surface area contributed by atoms with E-state index in [1.165, 1.54) is 17.0 Å². The standard InChI is InChI=1S/C20H24F2N2O3/c1-15-5-3-6-18(13-15)26-12-4-11-23-20(25)24(2)14-16-7-9-17(10-8-16)27-19(21)22/h3,5-10,13,19H,4,11-12,14H2,1-2H3,(H,23,25). The molecule has 0 bridgehead atoms. The van der Waals surface area contributed by atoms with Crippen LogP contribution in [0.5, 0.6) is 11.5 Å². The van der Waals surface area contributed by atoms with Crippen LogP contribution in [0.3, 0.4) is 0 Å². The van der Waals surface area contributed by atoms with Crippen molar-refractivity contribution in [3.05, 3.63) is 59.7 Å². The van der Waals surface area contributed by atoms with E-state index in [9.17, 15) is 13.6 Å². The van der Waals surface area contributed by atoms with Gasteiger partial charge in [-0.3, -0.25) is 0 Å². The van der Waals surface area contributed by atoms with E-state index in [-0.39, 0.29) is 11.8 Å². The number of carbonyl (C=O) groups excluding carboxylic acids is 1. The monoisotopic (exact) mass is 378 g/mol. The minimum Gasteiger partial charge on any atom is -0.494 e. The Morgan fingerprint density at radius 1 is 1.15 bits per heavy atom. The number of benzene rings is 2. The Kier molecular flexibility index (Phi) is 7.85. The molecule has 0 heterocycles. The second-order valence-electron chi connectivity index (χ2n) is 6.13. The number of hydrogen-bond acceptors (Lipinski definition) is 3. The Balaban J connectivity index is 1.66. The van der Waals surface area contributed by atoms with E-state index in [1.54, 1.807) is 19.2 Å². The number of nitrogens with one attached hydrogen (secondary N) is 1. The fraction of sp³-hybridized carbons (Fsp3) is 0.350. The Morgan fingerprint density at radius 3 is 2.56 bits per heavy atom. The molecule has 0 unspecified atom stereocenters. The maximum Gasteiger partial charge on any atom is 0.387 e. The van der Waals surface area contributed by atoms with Crippen molar-refractivity contribution in [1.82, 2.24) is 10.2 Å². The second kappa shape index (κ2) is 10.4. The molecule has 0 saturated carbocycles. The molecule has 27 heavy (non-hydrogen) atoms. The first-order chi connectivity index (χ1) is 12.9. The normalized spacial score (nSPS) is 10.6. The molecule has 0 atom stereocenters. The summed E-state index contributed by atoms with van der Waals surface area (Å²) in [4.78, 5) is 13.6. The van der Waals surface area contributed by atoms with Crippen molar-refractivity contribution in [2.24, 2.45) is 0 Å². The van der Waals surface area contributed by atoms with E-state index in [4.69, 9.17) is 4.74 Å². The highest BCUT2D eigenvalue weighted by molar-refractivity contribution is 5.73. The SMILES string of the molecule is Cc1cccc(OCCCNC(=O)N(C)Cc2ccc(OC(F)F)cc2)c1. The molecule has 5 nitrogen and oxygen atoms in total. The molecule has 0 fully saturated rings. The smallest absolute Gasteiger partial charge is 0.387 e. The van der Waals surface area contributed by atoms with Crippen LogP contribution < -0.4 is 14.8 Å². The molecule has 0 aliphatic heterocycles. The van der Waals surface area contributed by atoms with Crippen LogP contribution in [-0.2, 0) is 6.54 Å². The summed E-state index contributed by atoms with van der Waals surface area (Å²) in [7, 11) is 1.67. The maximum atomic E-state index is 12.1. The van der Waals surface area contributed by atoms with Gasteiger partial charge in [-0.25, -0.2) is 4.79 Å². The first-order valence-corrected chi connectivity index (χ1v) is 8.66. The fourth-order valence-electron chi connectivity index (χ4n) is 2.42. The average Bonchev–Trinajstić information content (AvgIpc) is 2.62. The lowest BCUT2D eigenvalue weighted by Gasteiger charge is -2.18. The molecule has 0 radical (unpaired) electrons. The van der Waals surface area contributed by atoms with E-state index in [2.05, 4.69) is 10.1 Å². The maximum absolute atomic E-state index is 12.1. The lowest BCUT2D eigenvalue weighted by atomic mass is 10.2. The Bertz CT molecular complexity index is 723. The van der Waals surface area contributed by atoms with E-state index >= 15 is 0 Å². The zero-order valence-corrected chi connectivity index (χ0v) is 15.5. The van der Waals surface area contributed by atoms with Gasteiger partial charge in [-0.15, -0.1) is 0 Å². The minimum absolute atomic E-state index is 0.0921. The summed E-state index contributed by atoms with van der Waals surface area (Å²) in [5.41, 5.74) is 1.95. The summed E-state index contributed by atoms with van der Waals surface area (Å²) in [5.74, 6) is 0.909. The van der Waals surface area contributed by atoms with Crippen LogP contribution in [0.2, 0.25) is 0 Å². The fourth-order valence-corrected chi connectivity index (χ4v) is 2.42. The van der Waals surface area contributed by atoms with Crippen molar-refractivity contribution in [2.45, 2.75) is 26.5 Å². The number of hydrogen-bond donors (Lipinski definition) is 1. The summed E-state index contributed by atoms with van der Waals surface area (Å²) >= 11 is 0. The highest BCUT2D eigenvalue weighted by Gasteiger charge is 2.09. The molecule has 0 aliphatic carbocycles. The number of aryl methyl sites for hydroxylation is 1. The number of urea groups is 1. The molecule has 2 rings (SSSR count). The van der Waals surface area contributed by atoms with Crippen LogP contribution in [0.4, 0.5) is 13.6 Å². The van der Waals surface area contributed by atoms with Crippen molar-refractivity contribution in [1.29, 1.82) is 0 Å². The van der Waals surface area contributed by atoms with Crippen LogP contribution in [0, 0.1) is 6.92 Å². The van der Waals surface area contributed by atoms with E-state index < -0.39 is 6.61 Å². The van der Waals surface area contributed by atoms with Gasteiger partial charge < -0.3 is 19.7 Å². The Morgan fingerprint density at radius 2 is 1.89 bits per heavy atom. The number of amides is 2. The Labute approximate surface area is 157 Å². The molecular formula is C20H24F2N2O3. The molecule has 0 saturated heterocycles. The molecule has 0 aliphatic rings. The average molecular weight is 378 g/mol. The van der Waals surface area contributed by atoms with Gasteiger partial charge in [0, 0.05) is 20.1 Å². The molecule has 1 N–H and O–H groups in total. The molecular weight excluding hydrogens is 354 g/mol. The third-order valence-corrected chi connectivity index (χ3v) is 3.77. The van der Waals surface area contributed by atoms with Gasteiger partial charge in [0.1, 0.15) is 11.5 Å². The predicted octanol–water partition coefficient (Wildman–Crippen LogP) is 4.21. The number of alkyl halides is 2. The van der Waals surface area contributed by atoms with Crippen molar-refractivity contribution in [3.8, 4) is 11.5 Å². The largest absolute Gasteiger partial charge is 0.494 e. The quantitative estimate of drug-likeness (QED) is 0.665. The number of carbonyl (C=O) groups is 1. The summed E-state index contributed by atoms with van der Waals surface area (Å²) in [6, 6.07) is 13.8. The zero-order chi connectivity index (χ0) is 19.6. The second-order valence-corrected chi connectivity index (χ2v) is 6.13. The molecule has 0 spiro atoms. The molecule has 2 aromatic rings. The van der Waals surface area contributed by atoms with Crippen LogP contribution in [-0.4, -0.2) is 37.7 Å². The van der Waals surface area contributed by atoms with Crippen molar-refractivity contribution >= 4 is 6.03 Å². The first-order valence-electron chi connectivity index (χ1n) is 8.66. The van der Waals surface area contributed by atoms with Crippen LogP contribution in [0.15, 0.2) is 48.5 Å². The lowest BCUT2D eigenvalue weighted by Crippen LogP contribution is -2.37. The summed E-state index contributed by atoms with van der Waals surface area (Å²) < 4.78 is 34.2. The van der Waals surface area contributed by atoms with Gasteiger partial charge >= 0.3 is 12.6 Å². The van der Waals surface area contributed by atoms with E-state index in [0.717, 1.165) is 16.9 Å². The van der Waals surface area contributed by atoms with Gasteiger partial charge in [0.15, 0.2) is 0 Å². The van der Waals surface area contributed by atoms with Gasteiger partial charge in [-0.2, -0.15) is 8.78 Å². The zero-order valence-electron chi connectivity index (χ0n) is 15.5. The van der Waals surface area contributed by atoms with Gasteiger partial charge in [0.25, 0.3) is 0 Å².